The summed E-state index contributed by atoms with van der Waals surface area (Å²) in [5.74, 6) is 0.300. The number of nitrogens with one attached hydrogen (secondary N) is 2. The van der Waals surface area contributed by atoms with Gasteiger partial charge >= 0.3 is 0 Å². The minimum atomic E-state index is -0.753. The zero-order chi connectivity index (χ0) is 31.0. The number of rotatable bonds is 2. The summed E-state index contributed by atoms with van der Waals surface area (Å²) >= 11 is 0. The number of amides is 2. The van der Waals surface area contributed by atoms with E-state index in [-0.39, 0.29) is 22.9 Å². The summed E-state index contributed by atoms with van der Waals surface area (Å²) in [5.41, 5.74) is 1.51. The van der Waals surface area contributed by atoms with Crippen molar-refractivity contribution >= 4 is 34.4 Å². The van der Waals surface area contributed by atoms with Crippen molar-refractivity contribution < 1.29 is 9.59 Å². The van der Waals surface area contributed by atoms with Gasteiger partial charge in [-0.15, -0.1) is 0 Å². The van der Waals surface area contributed by atoms with Crippen molar-refractivity contribution in [3.8, 4) is 5.69 Å². The molecule has 0 unspecified atom stereocenters. The van der Waals surface area contributed by atoms with E-state index < -0.39 is 11.3 Å². The number of carbonyl (C=O) groups excluding carboxylic acids is 2. The quantitative estimate of drug-likeness (QED) is 0.311. The Morgan fingerprint density at radius 1 is 0.727 bits per heavy atom. The molecule has 222 valence electrons. The van der Waals surface area contributed by atoms with E-state index in [1.54, 1.807) is 61.3 Å². The average Bonchev–Trinajstić information content (AvgIpc) is 3.71. The zero-order valence-electron chi connectivity index (χ0n) is 24.4. The Morgan fingerprint density at radius 3 is 2.00 bits per heavy atom. The molecule has 0 spiro atoms. The maximum absolute atomic E-state index is 12.9. The lowest BCUT2D eigenvalue weighted by atomic mass is 10.2. The molecule has 0 saturated carbocycles. The molecule has 0 radical (unpaired) electrons. The number of fused-ring (bicyclic) bond motifs is 4. The number of aromatic nitrogens is 7. The Bertz CT molecular complexity index is 2140. The number of pyridine rings is 2. The molecule has 0 aliphatic carbocycles. The first kappa shape index (κ1) is 27.2. The molecular formula is C30H28N10O4. The molecule has 0 saturated heterocycles. The Kier molecular flexibility index (Phi) is 5.82. The van der Waals surface area contributed by atoms with Gasteiger partial charge in [0.05, 0.1) is 0 Å². The van der Waals surface area contributed by atoms with E-state index >= 15 is 0 Å². The second kappa shape index (κ2) is 9.42. The fourth-order valence-corrected chi connectivity index (χ4v) is 6.12. The fraction of sp³-hybridized carbons (Fsp3) is 0.267. The molecule has 0 aromatic carbocycles. The second-order valence-corrected chi connectivity index (χ2v) is 11.8. The van der Waals surface area contributed by atoms with E-state index in [2.05, 4.69) is 30.6 Å². The van der Waals surface area contributed by atoms with Gasteiger partial charge in [0, 0.05) is 36.1 Å². The van der Waals surface area contributed by atoms with Crippen LogP contribution < -0.4 is 26.7 Å². The van der Waals surface area contributed by atoms with E-state index in [9.17, 15) is 19.2 Å². The summed E-state index contributed by atoms with van der Waals surface area (Å²) in [4.78, 5) is 68.1. The first-order valence-corrected chi connectivity index (χ1v) is 14.0. The van der Waals surface area contributed by atoms with Crippen LogP contribution in [0.25, 0.3) is 16.7 Å². The minimum absolute atomic E-state index is 0.188. The lowest BCUT2D eigenvalue weighted by Gasteiger charge is -2.24. The summed E-state index contributed by atoms with van der Waals surface area (Å²) in [6.07, 6.45) is 8.98. The van der Waals surface area contributed by atoms with Gasteiger partial charge in [-0.3, -0.25) is 32.9 Å². The minimum Gasteiger partial charge on any atom is -0.328 e. The van der Waals surface area contributed by atoms with E-state index in [4.69, 9.17) is 0 Å². The van der Waals surface area contributed by atoms with Gasteiger partial charge in [-0.1, -0.05) is 0 Å². The van der Waals surface area contributed by atoms with Crippen molar-refractivity contribution in [3.05, 3.63) is 99.2 Å². The molecule has 0 atom stereocenters. The molecule has 3 aliphatic heterocycles. The Hall–Kier alpha value is -5.66. The van der Waals surface area contributed by atoms with Gasteiger partial charge in [-0.25, -0.2) is 19.9 Å². The van der Waals surface area contributed by atoms with Crippen LogP contribution in [0.3, 0.4) is 0 Å². The standard InChI is InChI=1S/C15H15N5O2.C15H13N5O2/c2*1-15(2)18-13(21)10-3-4-11(14(22)20(10)15)19-6-5-9-7-16-8-17-12(9)19/h3-4,7-8H,5-6H2,1-2H3,(H,18,21);3-8H,1-2H3,(H,18,21). The third-order valence-electron chi connectivity index (χ3n) is 8.07. The van der Waals surface area contributed by atoms with Crippen LogP contribution in [-0.4, -0.2) is 52.0 Å². The Morgan fingerprint density at radius 2 is 1.32 bits per heavy atom. The lowest BCUT2D eigenvalue weighted by molar-refractivity contribution is 0.0925. The highest BCUT2D eigenvalue weighted by molar-refractivity contribution is 5.96. The van der Waals surface area contributed by atoms with Gasteiger partial charge in [0.15, 0.2) is 0 Å². The SMILES string of the molecule is CC1(C)NC(=O)c2ccc(-n3ccc4cncnc43)c(=O)n21.CC1(C)NC(=O)c2ccc(N3CCc4cncnc43)c(=O)n21. The maximum atomic E-state index is 12.9. The van der Waals surface area contributed by atoms with Crippen LogP contribution >= 0.6 is 0 Å². The lowest BCUT2D eigenvalue weighted by Crippen LogP contribution is -2.43. The zero-order valence-corrected chi connectivity index (χ0v) is 24.4. The number of nitrogens with zero attached hydrogens (tertiary/aromatic N) is 8. The molecule has 0 fully saturated rings. The van der Waals surface area contributed by atoms with Crippen molar-refractivity contribution in [3.63, 3.8) is 0 Å². The highest BCUT2D eigenvalue weighted by atomic mass is 16.2. The first-order chi connectivity index (χ1) is 21.0. The van der Waals surface area contributed by atoms with Gasteiger partial charge in [-0.05, 0) is 64.4 Å². The summed E-state index contributed by atoms with van der Waals surface area (Å²) in [6, 6.07) is 8.55. The van der Waals surface area contributed by atoms with Gasteiger partial charge in [0.2, 0.25) is 0 Å². The highest BCUT2D eigenvalue weighted by Gasteiger charge is 2.38. The van der Waals surface area contributed by atoms with Gasteiger partial charge < -0.3 is 15.5 Å². The van der Waals surface area contributed by atoms with Crippen LogP contribution in [-0.2, 0) is 17.7 Å². The van der Waals surface area contributed by atoms with Gasteiger partial charge in [0.25, 0.3) is 22.9 Å². The first-order valence-electron chi connectivity index (χ1n) is 14.0. The average molecular weight is 593 g/mol. The van der Waals surface area contributed by atoms with Crippen LogP contribution in [0, 0.1) is 0 Å². The van der Waals surface area contributed by atoms with E-state index in [1.165, 1.54) is 21.8 Å². The van der Waals surface area contributed by atoms with Crippen LogP contribution in [0.4, 0.5) is 11.5 Å². The van der Waals surface area contributed by atoms with Crippen molar-refractivity contribution in [2.75, 3.05) is 11.4 Å². The molecule has 5 aromatic heterocycles. The van der Waals surface area contributed by atoms with Crippen molar-refractivity contribution in [1.82, 2.24) is 44.3 Å². The molecular weight excluding hydrogens is 564 g/mol. The summed E-state index contributed by atoms with van der Waals surface area (Å²) in [5, 5.41) is 6.46. The topological polar surface area (TPSA) is 162 Å². The van der Waals surface area contributed by atoms with Crippen LogP contribution in [0.1, 0.15) is 54.2 Å². The molecule has 2 amide bonds. The van der Waals surface area contributed by atoms with Gasteiger partial charge in [0.1, 0.15) is 58.2 Å². The van der Waals surface area contributed by atoms with E-state index in [0.717, 1.165) is 23.2 Å². The summed E-state index contributed by atoms with van der Waals surface area (Å²) in [7, 11) is 0. The molecule has 8 heterocycles. The molecule has 3 aliphatic rings. The number of anilines is 2. The highest BCUT2D eigenvalue weighted by Crippen LogP contribution is 2.31. The molecule has 2 N–H and O–H groups in total. The largest absolute Gasteiger partial charge is 0.328 e. The van der Waals surface area contributed by atoms with Crippen LogP contribution in [0.5, 0.6) is 0 Å². The van der Waals surface area contributed by atoms with Crippen molar-refractivity contribution in [1.29, 1.82) is 0 Å². The molecule has 5 aromatic rings. The van der Waals surface area contributed by atoms with E-state index in [1.807, 2.05) is 24.8 Å². The van der Waals surface area contributed by atoms with Crippen molar-refractivity contribution in [2.45, 2.75) is 45.4 Å². The summed E-state index contributed by atoms with van der Waals surface area (Å²) in [6.45, 7) is 7.90. The van der Waals surface area contributed by atoms with E-state index in [0.29, 0.717) is 35.0 Å². The molecule has 8 rings (SSSR count). The smallest absolute Gasteiger partial charge is 0.277 e. The summed E-state index contributed by atoms with van der Waals surface area (Å²) < 4.78 is 4.72. The van der Waals surface area contributed by atoms with Crippen molar-refractivity contribution in [2.24, 2.45) is 0 Å². The predicted octanol–water partition coefficient (Wildman–Crippen LogP) is 1.79. The number of hydrogen-bond donors (Lipinski definition) is 2. The van der Waals surface area contributed by atoms with Gasteiger partial charge in [-0.2, -0.15) is 0 Å². The molecule has 14 heteroatoms. The maximum Gasteiger partial charge on any atom is 0.277 e. The second-order valence-electron chi connectivity index (χ2n) is 11.8. The number of hydrogen-bond acceptors (Lipinski definition) is 9. The van der Waals surface area contributed by atoms with Crippen LogP contribution in [0.2, 0.25) is 0 Å². The predicted molar refractivity (Wildman–Crippen MR) is 160 cm³/mol. The Labute approximate surface area is 250 Å². The van der Waals surface area contributed by atoms with Crippen LogP contribution in [0.15, 0.2) is 71.2 Å². The molecule has 0 bridgehead atoms. The fourth-order valence-electron chi connectivity index (χ4n) is 6.12. The number of carbonyl (C=O) groups is 2. The third-order valence-corrected chi connectivity index (χ3v) is 8.07. The Balaban J connectivity index is 0.000000142. The third kappa shape index (κ3) is 4.01. The monoisotopic (exact) mass is 592 g/mol. The molecule has 44 heavy (non-hydrogen) atoms. The molecule has 14 nitrogen and oxygen atoms in total. The normalized spacial score (nSPS) is 17.0.